The van der Waals surface area contributed by atoms with E-state index in [1.54, 1.807) is 12.0 Å². The fourth-order valence-electron chi connectivity index (χ4n) is 4.23. The zero-order valence-corrected chi connectivity index (χ0v) is 15.6. The number of rotatable bonds is 5. The Kier molecular flexibility index (Phi) is 4.82. The van der Waals surface area contributed by atoms with Gasteiger partial charge >= 0.3 is 0 Å². The quantitative estimate of drug-likeness (QED) is 0.781. The molecule has 1 aromatic carbocycles. The zero-order valence-electron chi connectivity index (χ0n) is 15.6. The van der Waals surface area contributed by atoms with Crippen molar-refractivity contribution in [3.63, 3.8) is 0 Å². The lowest BCUT2D eigenvalue weighted by molar-refractivity contribution is -0.146. The Hall–Kier alpha value is -2.48. The highest BCUT2D eigenvalue weighted by Crippen LogP contribution is 2.40. The highest BCUT2D eigenvalue weighted by Gasteiger charge is 2.49. The molecule has 1 atom stereocenters. The van der Waals surface area contributed by atoms with Crippen molar-refractivity contribution < 1.29 is 14.3 Å². The van der Waals surface area contributed by atoms with Crippen LogP contribution in [0.3, 0.4) is 0 Å². The molecule has 2 saturated heterocycles. The van der Waals surface area contributed by atoms with E-state index in [1.807, 2.05) is 29.2 Å². The molecule has 2 aromatic rings. The molecule has 8 nitrogen and oxygen atoms in total. The molecule has 1 aromatic heterocycles. The lowest BCUT2D eigenvalue weighted by Crippen LogP contribution is -2.51. The fraction of sp³-hybridized carbons (Fsp3) is 0.579. The van der Waals surface area contributed by atoms with Crippen LogP contribution in [0.25, 0.3) is 11.0 Å². The van der Waals surface area contributed by atoms with Crippen LogP contribution in [0.1, 0.15) is 19.3 Å². The number of fused-ring (bicyclic) bond motifs is 1. The van der Waals surface area contributed by atoms with E-state index in [0.717, 1.165) is 36.8 Å². The minimum absolute atomic E-state index is 0.0333. The molecule has 0 radical (unpaired) electrons. The number of benzene rings is 1. The molecule has 2 aliphatic rings. The summed E-state index contributed by atoms with van der Waals surface area (Å²) >= 11 is 0. The van der Waals surface area contributed by atoms with Crippen LogP contribution in [0.15, 0.2) is 24.3 Å². The molecule has 3 heterocycles. The van der Waals surface area contributed by atoms with E-state index in [0.29, 0.717) is 26.2 Å². The van der Waals surface area contributed by atoms with E-state index in [9.17, 15) is 9.59 Å². The number of hydrogen-bond donors (Lipinski definition) is 0. The van der Waals surface area contributed by atoms with E-state index in [1.165, 1.54) is 4.80 Å². The molecule has 2 aliphatic heterocycles. The van der Waals surface area contributed by atoms with E-state index in [-0.39, 0.29) is 18.4 Å². The van der Waals surface area contributed by atoms with Gasteiger partial charge in [0.05, 0.1) is 12.0 Å². The summed E-state index contributed by atoms with van der Waals surface area (Å²) in [6.45, 7) is 3.16. The van der Waals surface area contributed by atoms with Crippen molar-refractivity contribution in [2.24, 2.45) is 5.41 Å². The van der Waals surface area contributed by atoms with E-state index in [4.69, 9.17) is 4.74 Å². The monoisotopic (exact) mass is 371 g/mol. The number of piperidine rings is 1. The number of amides is 2. The number of aromatic nitrogens is 3. The number of nitrogens with zero attached hydrogens (tertiary/aromatic N) is 5. The van der Waals surface area contributed by atoms with E-state index < -0.39 is 5.41 Å². The standard InChI is InChI=1S/C19H25N5O3/c1-27-12-11-22-9-4-7-19(18(22)26)8-10-23(14-19)17(25)13-24-20-15-5-2-3-6-16(15)21-24/h2-3,5-6H,4,7-14H2,1H3. The van der Waals surface area contributed by atoms with Gasteiger partial charge in [0.1, 0.15) is 17.6 Å². The molecule has 2 fully saturated rings. The molecule has 0 bridgehead atoms. The minimum atomic E-state index is -0.427. The third-order valence-corrected chi connectivity index (χ3v) is 5.70. The van der Waals surface area contributed by atoms with Gasteiger partial charge in [-0.1, -0.05) is 12.1 Å². The first-order valence-corrected chi connectivity index (χ1v) is 9.47. The molecular weight excluding hydrogens is 346 g/mol. The third kappa shape index (κ3) is 3.41. The normalized spacial score (nSPS) is 22.9. The van der Waals surface area contributed by atoms with Crippen molar-refractivity contribution in [1.29, 1.82) is 0 Å². The van der Waals surface area contributed by atoms with Gasteiger partial charge in [0.25, 0.3) is 0 Å². The first-order valence-electron chi connectivity index (χ1n) is 9.47. The van der Waals surface area contributed by atoms with Gasteiger partial charge in [-0.3, -0.25) is 9.59 Å². The van der Waals surface area contributed by atoms with Crippen molar-refractivity contribution in [2.75, 3.05) is 39.9 Å². The second kappa shape index (κ2) is 7.26. The maximum absolute atomic E-state index is 13.0. The summed E-state index contributed by atoms with van der Waals surface area (Å²) in [6.07, 6.45) is 2.56. The van der Waals surface area contributed by atoms with Crippen LogP contribution in [0, 0.1) is 5.41 Å². The Morgan fingerprint density at radius 1 is 1.19 bits per heavy atom. The smallest absolute Gasteiger partial charge is 0.246 e. The van der Waals surface area contributed by atoms with Crippen LogP contribution in [0.2, 0.25) is 0 Å². The average molecular weight is 371 g/mol. The number of carbonyl (C=O) groups is 2. The first kappa shape index (κ1) is 17.9. The molecule has 1 unspecified atom stereocenters. The average Bonchev–Trinajstić information content (AvgIpc) is 3.27. The Morgan fingerprint density at radius 2 is 1.93 bits per heavy atom. The van der Waals surface area contributed by atoms with Gasteiger partial charge in [-0.2, -0.15) is 15.0 Å². The van der Waals surface area contributed by atoms with Crippen LogP contribution in [-0.2, 0) is 20.9 Å². The van der Waals surface area contributed by atoms with Crippen LogP contribution < -0.4 is 0 Å². The molecule has 27 heavy (non-hydrogen) atoms. The van der Waals surface area contributed by atoms with Gasteiger partial charge in [-0.05, 0) is 31.4 Å². The summed E-state index contributed by atoms with van der Waals surface area (Å²) in [7, 11) is 1.65. The largest absolute Gasteiger partial charge is 0.383 e. The van der Waals surface area contributed by atoms with Gasteiger partial charge in [-0.25, -0.2) is 0 Å². The predicted molar refractivity (Wildman–Crippen MR) is 98.8 cm³/mol. The summed E-state index contributed by atoms with van der Waals surface area (Å²) in [5.41, 5.74) is 1.13. The maximum Gasteiger partial charge on any atom is 0.246 e. The Labute approximate surface area is 158 Å². The minimum Gasteiger partial charge on any atom is -0.383 e. The van der Waals surface area contributed by atoms with Gasteiger partial charge < -0.3 is 14.5 Å². The summed E-state index contributed by atoms with van der Waals surface area (Å²) in [4.78, 5) is 30.9. The van der Waals surface area contributed by atoms with Crippen LogP contribution >= 0.6 is 0 Å². The second-order valence-corrected chi connectivity index (χ2v) is 7.45. The molecule has 144 valence electrons. The molecule has 4 rings (SSSR count). The Bertz CT molecular complexity index is 818. The van der Waals surface area contributed by atoms with E-state index >= 15 is 0 Å². The summed E-state index contributed by atoms with van der Waals surface area (Å²) in [6, 6.07) is 7.56. The molecule has 1 spiro atoms. The Morgan fingerprint density at radius 3 is 2.63 bits per heavy atom. The number of likely N-dealkylation sites (tertiary alicyclic amines) is 2. The fourth-order valence-corrected chi connectivity index (χ4v) is 4.23. The highest BCUT2D eigenvalue weighted by molar-refractivity contribution is 5.86. The maximum atomic E-state index is 13.0. The van der Waals surface area contributed by atoms with Crippen LogP contribution in [0.5, 0.6) is 0 Å². The number of ether oxygens (including phenoxy) is 1. The number of hydrogen-bond acceptors (Lipinski definition) is 5. The van der Waals surface area contributed by atoms with Crippen molar-refractivity contribution in [1.82, 2.24) is 24.8 Å². The van der Waals surface area contributed by atoms with Crippen molar-refractivity contribution in [2.45, 2.75) is 25.8 Å². The molecule has 0 aliphatic carbocycles. The van der Waals surface area contributed by atoms with Crippen molar-refractivity contribution >= 4 is 22.8 Å². The number of carbonyl (C=O) groups excluding carboxylic acids is 2. The van der Waals surface area contributed by atoms with Crippen LogP contribution in [0.4, 0.5) is 0 Å². The van der Waals surface area contributed by atoms with Gasteiger partial charge in [0.15, 0.2) is 0 Å². The second-order valence-electron chi connectivity index (χ2n) is 7.45. The van der Waals surface area contributed by atoms with Crippen molar-refractivity contribution in [3.05, 3.63) is 24.3 Å². The first-order chi connectivity index (χ1) is 13.1. The SMILES string of the molecule is COCCN1CCCC2(CCN(C(=O)Cn3nc4ccccc4n3)C2)C1=O. The lowest BCUT2D eigenvalue weighted by Gasteiger charge is -2.39. The molecule has 8 heteroatoms. The zero-order chi connectivity index (χ0) is 18.9. The summed E-state index contributed by atoms with van der Waals surface area (Å²) < 4.78 is 5.12. The molecular formula is C19H25N5O3. The topological polar surface area (TPSA) is 80.6 Å². The predicted octanol–water partition coefficient (Wildman–Crippen LogP) is 0.919. The van der Waals surface area contributed by atoms with Gasteiger partial charge in [0.2, 0.25) is 11.8 Å². The molecule has 0 N–H and O–H groups in total. The third-order valence-electron chi connectivity index (χ3n) is 5.70. The Balaban J connectivity index is 1.42. The summed E-state index contributed by atoms with van der Waals surface area (Å²) in [5.74, 6) is 0.137. The molecule has 0 saturated carbocycles. The number of methoxy groups -OCH3 is 1. The molecule has 2 amide bonds. The van der Waals surface area contributed by atoms with E-state index in [2.05, 4.69) is 10.2 Å². The van der Waals surface area contributed by atoms with Crippen molar-refractivity contribution in [3.8, 4) is 0 Å². The van der Waals surface area contributed by atoms with Gasteiger partial charge in [0, 0.05) is 33.3 Å². The van der Waals surface area contributed by atoms with Gasteiger partial charge in [-0.15, -0.1) is 0 Å². The van der Waals surface area contributed by atoms with Crippen LogP contribution in [-0.4, -0.2) is 76.5 Å². The lowest BCUT2D eigenvalue weighted by atomic mass is 9.78. The highest BCUT2D eigenvalue weighted by atomic mass is 16.5. The summed E-state index contributed by atoms with van der Waals surface area (Å²) in [5, 5.41) is 8.72.